The van der Waals surface area contributed by atoms with Crippen LogP contribution in [-0.4, -0.2) is 37.2 Å². The highest BCUT2D eigenvalue weighted by atomic mass is 32.1. The number of thiazole rings is 1. The minimum absolute atomic E-state index is 0.0248. The van der Waals surface area contributed by atoms with E-state index < -0.39 is 5.97 Å². The van der Waals surface area contributed by atoms with E-state index in [0.29, 0.717) is 17.0 Å². The van der Waals surface area contributed by atoms with Gasteiger partial charge in [0.2, 0.25) is 5.01 Å². The van der Waals surface area contributed by atoms with Gasteiger partial charge in [-0.05, 0) is 42.7 Å². The van der Waals surface area contributed by atoms with Gasteiger partial charge in [-0.1, -0.05) is 12.1 Å². The fourth-order valence-corrected chi connectivity index (χ4v) is 4.43. The average Bonchev–Trinajstić information content (AvgIpc) is 3.45. The van der Waals surface area contributed by atoms with E-state index in [4.69, 9.17) is 10.2 Å². The second-order valence-electron chi connectivity index (χ2n) is 6.85. The summed E-state index contributed by atoms with van der Waals surface area (Å²) in [6.45, 7) is 0.823. The molecule has 0 spiro atoms. The third-order valence-electron chi connectivity index (χ3n) is 5.08. The normalized spacial score (nSPS) is 16.6. The first-order valence-corrected chi connectivity index (χ1v) is 10.0. The van der Waals surface area contributed by atoms with Crippen molar-refractivity contribution in [3.63, 3.8) is 0 Å². The molecule has 1 unspecified atom stereocenters. The highest BCUT2D eigenvalue weighted by molar-refractivity contribution is 7.11. The number of imidazole rings is 1. The monoisotopic (exact) mass is 409 g/mol. The molecule has 1 atom stereocenters. The van der Waals surface area contributed by atoms with Crippen molar-refractivity contribution in [1.29, 1.82) is 0 Å². The first kappa shape index (κ1) is 17.7. The molecule has 0 radical (unpaired) electrons. The van der Waals surface area contributed by atoms with Gasteiger partial charge in [0.25, 0.3) is 0 Å². The molecule has 0 bridgehead atoms. The Labute approximate surface area is 169 Å². The summed E-state index contributed by atoms with van der Waals surface area (Å²) in [5, 5.41) is 15.6. The SMILES string of the molecule is O=C(O)c1nc(-c2cnc3ccc(N4CCCC4c4cccc(F)c4)nn23)cs1. The number of fused-ring (bicyclic) bond motifs is 1. The molecule has 1 aliphatic heterocycles. The van der Waals surface area contributed by atoms with Crippen LogP contribution in [0.4, 0.5) is 10.2 Å². The number of hydrogen-bond donors (Lipinski definition) is 1. The van der Waals surface area contributed by atoms with Crippen LogP contribution in [0.1, 0.15) is 34.2 Å². The fourth-order valence-electron chi connectivity index (χ4n) is 3.78. The lowest BCUT2D eigenvalue weighted by atomic mass is 10.0. The lowest BCUT2D eigenvalue weighted by Crippen LogP contribution is -2.24. The van der Waals surface area contributed by atoms with Gasteiger partial charge < -0.3 is 10.0 Å². The third kappa shape index (κ3) is 3.13. The topological polar surface area (TPSA) is 83.6 Å². The molecule has 4 heterocycles. The van der Waals surface area contributed by atoms with Crippen LogP contribution in [0.5, 0.6) is 0 Å². The first-order chi connectivity index (χ1) is 14.1. The standard InChI is InChI=1S/C20H16FN5O2S/c21-13-4-1-3-12(9-13)15-5-2-8-25(15)18-7-6-17-22-10-16(26(17)24-18)14-11-29-19(23-14)20(27)28/h1,3-4,6-7,9-11,15H,2,5,8H2,(H,27,28). The summed E-state index contributed by atoms with van der Waals surface area (Å²) in [7, 11) is 0. The van der Waals surface area contributed by atoms with Gasteiger partial charge in [0, 0.05) is 11.9 Å². The number of aromatic carboxylic acids is 1. The summed E-state index contributed by atoms with van der Waals surface area (Å²) in [5.41, 5.74) is 2.73. The van der Waals surface area contributed by atoms with Crippen molar-refractivity contribution in [2.24, 2.45) is 0 Å². The molecule has 0 aliphatic carbocycles. The zero-order valence-corrected chi connectivity index (χ0v) is 16.0. The molecule has 0 amide bonds. The number of carboxylic acids is 1. The van der Waals surface area contributed by atoms with Crippen LogP contribution < -0.4 is 4.90 Å². The first-order valence-electron chi connectivity index (χ1n) is 9.16. The zero-order chi connectivity index (χ0) is 20.0. The molecule has 7 nitrogen and oxygen atoms in total. The highest BCUT2D eigenvalue weighted by Crippen LogP contribution is 2.35. The maximum atomic E-state index is 13.7. The van der Waals surface area contributed by atoms with E-state index in [9.17, 15) is 9.18 Å². The molecule has 1 fully saturated rings. The van der Waals surface area contributed by atoms with Crippen molar-refractivity contribution < 1.29 is 14.3 Å². The van der Waals surface area contributed by atoms with E-state index >= 15 is 0 Å². The summed E-state index contributed by atoms with van der Waals surface area (Å²) in [4.78, 5) is 21.8. The molecule has 0 saturated carbocycles. The Balaban J connectivity index is 1.54. The molecule has 1 aliphatic rings. The lowest BCUT2D eigenvalue weighted by molar-refractivity contribution is 0.0696. The molecule has 29 heavy (non-hydrogen) atoms. The third-order valence-corrected chi connectivity index (χ3v) is 5.91. The van der Waals surface area contributed by atoms with Gasteiger partial charge in [-0.2, -0.15) is 0 Å². The second kappa shape index (κ2) is 6.93. The molecule has 1 saturated heterocycles. The van der Waals surface area contributed by atoms with E-state index in [1.165, 1.54) is 6.07 Å². The number of anilines is 1. The Hall–Kier alpha value is -3.33. The van der Waals surface area contributed by atoms with Crippen LogP contribution >= 0.6 is 11.3 Å². The van der Waals surface area contributed by atoms with Crippen LogP contribution in [0, 0.1) is 5.82 Å². The summed E-state index contributed by atoms with van der Waals surface area (Å²) in [6.07, 6.45) is 3.56. The predicted molar refractivity (Wildman–Crippen MR) is 107 cm³/mol. The fraction of sp³-hybridized carbons (Fsp3) is 0.200. The number of benzene rings is 1. The van der Waals surface area contributed by atoms with Gasteiger partial charge >= 0.3 is 5.97 Å². The maximum absolute atomic E-state index is 13.7. The van der Waals surface area contributed by atoms with Gasteiger partial charge in [-0.15, -0.1) is 16.4 Å². The Morgan fingerprint density at radius 3 is 2.97 bits per heavy atom. The lowest BCUT2D eigenvalue weighted by Gasteiger charge is -2.26. The van der Waals surface area contributed by atoms with Crippen molar-refractivity contribution in [1.82, 2.24) is 19.6 Å². The molecular weight excluding hydrogens is 393 g/mol. The number of rotatable bonds is 4. The summed E-state index contributed by atoms with van der Waals surface area (Å²) >= 11 is 1.07. The van der Waals surface area contributed by atoms with E-state index in [1.54, 1.807) is 28.2 Å². The van der Waals surface area contributed by atoms with E-state index in [-0.39, 0.29) is 16.9 Å². The Morgan fingerprint density at radius 1 is 1.28 bits per heavy atom. The number of carbonyl (C=O) groups is 1. The molecule has 9 heteroatoms. The number of carboxylic acid groups (broad SMARTS) is 1. The van der Waals surface area contributed by atoms with Crippen LogP contribution in [0.2, 0.25) is 0 Å². The Kier molecular flexibility index (Phi) is 4.24. The molecule has 5 rings (SSSR count). The average molecular weight is 409 g/mol. The highest BCUT2D eigenvalue weighted by Gasteiger charge is 2.28. The summed E-state index contributed by atoms with van der Waals surface area (Å²) in [6, 6.07) is 10.5. The maximum Gasteiger partial charge on any atom is 0.365 e. The number of hydrogen-bond acceptors (Lipinski definition) is 6. The summed E-state index contributed by atoms with van der Waals surface area (Å²) in [5.74, 6) is -0.539. The van der Waals surface area contributed by atoms with Crippen molar-refractivity contribution >= 4 is 28.8 Å². The van der Waals surface area contributed by atoms with Gasteiger partial charge in [0.05, 0.1) is 12.2 Å². The van der Waals surface area contributed by atoms with Gasteiger partial charge in [0.15, 0.2) is 5.65 Å². The number of halogens is 1. The van der Waals surface area contributed by atoms with Gasteiger partial charge in [-0.3, -0.25) is 0 Å². The minimum Gasteiger partial charge on any atom is -0.476 e. The minimum atomic E-state index is -1.06. The molecule has 1 N–H and O–H groups in total. The van der Waals surface area contributed by atoms with Crippen LogP contribution in [0.3, 0.4) is 0 Å². The van der Waals surface area contributed by atoms with Crippen LogP contribution in [-0.2, 0) is 0 Å². The molecule has 146 valence electrons. The number of nitrogens with zero attached hydrogens (tertiary/aromatic N) is 5. The van der Waals surface area contributed by atoms with Crippen LogP contribution in [0.25, 0.3) is 17.0 Å². The van der Waals surface area contributed by atoms with Gasteiger partial charge in [-0.25, -0.2) is 23.7 Å². The summed E-state index contributed by atoms with van der Waals surface area (Å²) < 4.78 is 15.4. The van der Waals surface area contributed by atoms with Crippen molar-refractivity contribution in [2.45, 2.75) is 18.9 Å². The quantitative estimate of drug-likeness (QED) is 0.548. The Morgan fingerprint density at radius 2 is 2.17 bits per heavy atom. The van der Waals surface area contributed by atoms with E-state index in [2.05, 4.69) is 14.9 Å². The molecule has 4 aromatic rings. The Bertz CT molecular complexity index is 1220. The smallest absolute Gasteiger partial charge is 0.365 e. The number of aromatic nitrogens is 4. The molecule has 3 aromatic heterocycles. The zero-order valence-electron chi connectivity index (χ0n) is 15.2. The van der Waals surface area contributed by atoms with Crippen molar-refractivity contribution in [2.75, 3.05) is 11.4 Å². The van der Waals surface area contributed by atoms with E-state index in [1.807, 2.05) is 18.2 Å². The second-order valence-corrected chi connectivity index (χ2v) is 7.71. The van der Waals surface area contributed by atoms with Crippen molar-refractivity contribution in [3.05, 3.63) is 64.4 Å². The molecular formula is C20H16FN5O2S. The molecule has 1 aromatic carbocycles. The predicted octanol–water partition coefficient (Wildman–Crippen LogP) is 4.03. The van der Waals surface area contributed by atoms with Gasteiger partial charge in [0.1, 0.15) is 23.0 Å². The van der Waals surface area contributed by atoms with Crippen molar-refractivity contribution in [3.8, 4) is 11.4 Å². The van der Waals surface area contributed by atoms with Crippen LogP contribution in [0.15, 0.2) is 48.0 Å². The largest absolute Gasteiger partial charge is 0.476 e. The van der Waals surface area contributed by atoms with E-state index in [0.717, 1.165) is 42.1 Å².